The van der Waals surface area contributed by atoms with Crippen molar-refractivity contribution >= 4 is 5.91 Å². The van der Waals surface area contributed by atoms with Gasteiger partial charge in [0, 0.05) is 38.9 Å². The zero-order valence-electron chi connectivity index (χ0n) is 13.2. The molecule has 22 heavy (non-hydrogen) atoms. The minimum Gasteiger partial charge on any atom is -0.390 e. The number of carbonyl (C=O) groups excluding carboxylic acids is 1. The smallest absolute Gasteiger partial charge is 0.224 e. The first kappa shape index (κ1) is 15.5. The van der Waals surface area contributed by atoms with Gasteiger partial charge < -0.3 is 14.7 Å². The Hall–Kier alpha value is -1.40. The van der Waals surface area contributed by atoms with Crippen molar-refractivity contribution in [3.63, 3.8) is 0 Å². The molecule has 2 saturated heterocycles. The Morgan fingerprint density at radius 3 is 2.91 bits per heavy atom. The first-order valence-electron chi connectivity index (χ1n) is 8.19. The third-order valence-electron chi connectivity index (χ3n) is 4.91. The molecule has 0 saturated carbocycles. The maximum atomic E-state index is 12.3. The van der Waals surface area contributed by atoms with Gasteiger partial charge in [0.05, 0.1) is 17.4 Å². The van der Waals surface area contributed by atoms with Gasteiger partial charge in [-0.15, -0.1) is 0 Å². The van der Waals surface area contributed by atoms with E-state index < -0.39 is 5.60 Å². The number of aryl methyl sites for hydroxylation is 2. The van der Waals surface area contributed by atoms with Crippen LogP contribution in [0.3, 0.4) is 0 Å². The van der Waals surface area contributed by atoms with E-state index in [9.17, 15) is 9.90 Å². The van der Waals surface area contributed by atoms with Crippen molar-refractivity contribution in [2.45, 2.75) is 57.3 Å². The molecule has 6 heteroatoms. The maximum absolute atomic E-state index is 12.3. The van der Waals surface area contributed by atoms with Crippen molar-refractivity contribution in [2.75, 3.05) is 19.7 Å². The fraction of sp³-hybridized carbons (Fsp3) is 0.750. The molecule has 1 aromatic heterocycles. The van der Waals surface area contributed by atoms with Gasteiger partial charge >= 0.3 is 0 Å². The fourth-order valence-electron chi connectivity index (χ4n) is 3.48. The highest BCUT2D eigenvalue weighted by molar-refractivity contribution is 5.76. The Balaban J connectivity index is 1.49. The predicted molar refractivity (Wildman–Crippen MR) is 81.3 cm³/mol. The highest BCUT2D eigenvalue weighted by Gasteiger charge is 2.44. The number of hydrogen-bond donors (Lipinski definition) is 1. The second-order valence-electron chi connectivity index (χ2n) is 6.42. The molecule has 3 heterocycles. The summed E-state index contributed by atoms with van der Waals surface area (Å²) < 4.78 is 7.69. The van der Waals surface area contributed by atoms with Crippen LogP contribution in [0.5, 0.6) is 0 Å². The van der Waals surface area contributed by atoms with Crippen LogP contribution in [0.2, 0.25) is 0 Å². The van der Waals surface area contributed by atoms with E-state index >= 15 is 0 Å². The van der Waals surface area contributed by atoms with Crippen LogP contribution in [0.1, 0.15) is 37.8 Å². The Labute approximate surface area is 131 Å². The molecule has 2 aliphatic rings. The van der Waals surface area contributed by atoms with Crippen LogP contribution in [-0.2, 0) is 16.1 Å². The third kappa shape index (κ3) is 3.17. The number of nitrogens with zero attached hydrogens (tertiary/aromatic N) is 3. The topological polar surface area (TPSA) is 67.6 Å². The lowest BCUT2D eigenvalue weighted by atomic mass is 9.82. The van der Waals surface area contributed by atoms with E-state index in [1.54, 1.807) is 0 Å². The van der Waals surface area contributed by atoms with Crippen molar-refractivity contribution in [2.24, 2.45) is 0 Å². The molecular formula is C16H25N3O3. The monoisotopic (exact) mass is 307 g/mol. The molecule has 1 N–H and O–H groups in total. The molecule has 6 nitrogen and oxygen atoms in total. The first-order chi connectivity index (χ1) is 10.6. The average Bonchev–Trinajstić information content (AvgIpc) is 2.94. The minimum atomic E-state index is -0.409. The molecule has 0 bridgehead atoms. The molecule has 0 aliphatic carbocycles. The summed E-state index contributed by atoms with van der Waals surface area (Å²) in [5.41, 5.74) is 0.560. The number of hydrogen-bond acceptors (Lipinski definition) is 4. The molecule has 1 atom stereocenters. The molecule has 0 radical (unpaired) electrons. The minimum absolute atomic E-state index is 0.160. The van der Waals surface area contributed by atoms with Gasteiger partial charge in [0.15, 0.2) is 0 Å². The number of carbonyl (C=O) groups is 1. The fourth-order valence-corrected chi connectivity index (χ4v) is 3.48. The molecule has 2 fully saturated rings. The maximum Gasteiger partial charge on any atom is 0.224 e. The van der Waals surface area contributed by atoms with E-state index in [0.717, 1.165) is 38.0 Å². The summed E-state index contributed by atoms with van der Waals surface area (Å²) in [7, 11) is 0. The van der Waals surface area contributed by atoms with Crippen LogP contribution >= 0.6 is 0 Å². The zero-order chi connectivity index (χ0) is 15.6. The van der Waals surface area contributed by atoms with E-state index in [-0.39, 0.29) is 12.0 Å². The van der Waals surface area contributed by atoms with Gasteiger partial charge in [-0.2, -0.15) is 5.10 Å². The molecule has 0 unspecified atom stereocenters. The van der Waals surface area contributed by atoms with E-state index in [2.05, 4.69) is 5.10 Å². The van der Waals surface area contributed by atoms with Gasteiger partial charge in [0.1, 0.15) is 0 Å². The molecular weight excluding hydrogens is 282 g/mol. The Bertz CT molecular complexity index is 520. The normalized spacial score (nSPS) is 24.6. The van der Waals surface area contributed by atoms with Crippen LogP contribution in [0, 0.1) is 6.92 Å². The summed E-state index contributed by atoms with van der Waals surface area (Å²) in [6.07, 6.45) is 5.20. The second-order valence-corrected chi connectivity index (χ2v) is 6.42. The average molecular weight is 307 g/mol. The van der Waals surface area contributed by atoms with Crippen LogP contribution in [0.25, 0.3) is 0 Å². The summed E-state index contributed by atoms with van der Waals surface area (Å²) in [6.45, 7) is 4.64. The van der Waals surface area contributed by atoms with Crippen LogP contribution in [-0.4, -0.2) is 57.1 Å². The molecule has 0 aromatic carbocycles. The Morgan fingerprint density at radius 1 is 1.50 bits per heavy atom. The van der Waals surface area contributed by atoms with Crippen LogP contribution < -0.4 is 0 Å². The standard InChI is InChI=1S/C16H25N3O3/c1-13-4-8-19(17-13)9-5-15(21)18-10-6-16(7-11-18)14(20)3-2-12-22-16/h4,8,14,20H,2-3,5-7,9-12H2,1H3/t14-/m0/s1. The summed E-state index contributed by atoms with van der Waals surface area (Å²) in [6, 6.07) is 1.94. The number of rotatable bonds is 3. The second kappa shape index (κ2) is 6.38. The Morgan fingerprint density at radius 2 is 2.27 bits per heavy atom. The van der Waals surface area contributed by atoms with E-state index in [4.69, 9.17) is 4.74 Å². The lowest BCUT2D eigenvalue weighted by Gasteiger charge is -2.46. The highest BCUT2D eigenvalue weighted by atomic mass is 16.5. The number of aromatic nitrogens is 2. The summed E-state index contributed by atoms with van der Waals surface area (Å²) in [4.78, 5) is 14.2. The third-order valence-corrected chi connectivity index (χ3v) is 4.91. The van der Waals surface area contributed by atoms with Gasteiger partial charge in [-0.1, -0.05) is 0 Å². The molecule has 3 rings (SSSR count). The molecule has 2 aliphatic heterocycles. The largest absolute Gasteiger partial charge is 0.390 e. The van der Waals surface area contributed by atoms with Crippen LogP contribution in [0.15, 0.2) is 12.3 Å². The molecule has 122 valence electrons. The number of piperidine rings is 1. The summed E-state index contributed by atoms with van der Waals surface area (Å²) in [5, 5.41) is 14.5. The van der Waals surface area contributed by atoms with Gasteiger partial charge in [0.25, 0.3) is 0 Å². The van der Waals surface area contributed by atoms with Crippen molar-refractivity contribution in [3.05, 3.63) is 18.0 Å². The number of ether oxygens (including phenoxy) is 1. The van der Waals surface area contributed by atoms with E-state index in [0.29, 0.717) is 26.1 Å². The lowest BCUT2D eigenvalue weighted by Crippen LogP contribution is -2.56. The summed E-state index contributed by atoms with van der Waals surface area (Å²) in [5.74, 6) is 0.160. The lowest BCUT2D eigenvalue weighted by molar-refractivity contribution is -0.179. The van der Waals surface area contributed by atoms with Gasteiger partial charge in [-0.3, -0.25) is 9.48 Å². The van der Waals surface area contributed by atoms with Crippen LogP contribution in [0.4, 0.5) is 0 Å². The number of likely N-dealkylation sites (tertiary alicyclic amines) is 1. The van der Waals surface area contributed by atoms with Gasteiger partial charge in [0.2, 0.25) is 5.91 Å². The van der Waals surface area contributed by atoms with Crippen molar-refractivity contribution in [3.8, 4) is 0 Å². The molecule has 1 spiro atoms. The zero-order valence-corrected chi connectivity index (χ0v) is 13.2. The molecule has 1 amide bonds. The quantitative estimate of drug-likeness (QED) is 0.908. The van der Waals surface area contributed by atoms with Gasteiger partial charge in [-0.25, -0.2) is 0 Å². The van der Waals surface area contributed by atoms with Gasteiger partial charge in [-0.05, 0) is 38.7 Å². The number of aliphatic hydroxyl groups is 1. The van der Waals surface area contributed by atoms with E-state index in [1.807, 2.05) is 28.8 Å². The van der Waals surface area contributed by atoms with Crippen molar-refractivity contribution in [1.82, 2.24) is 14.7 Å². The van der Waals surface area contributed by atoms with Crippen molar-refractivity contribution in [1.29, 1.82) is 0 Å². The number of amides is 1. The first-order valence-corrected chi connectivity index (χ1v) is 8.19. The number of aliphatic hydroxyl groups excluding tert-OH is 1. The van der Waals surface area contributed by atoms with E-state index in [1.165, 1.54) is 0 Å². The summed E-state index contributed by atoms with van der Waals surface area (Å²) >= 11 is 0. The Kier molecular flexibility index (Phi) is 4.49. The predicted octanol–water partition coefficient (Wildman–Crippen LogP) is 1.11. The SMILES string of the molecule is Cc1ccn(CCC(=O)N2CCC3(CC2)OCCC[C@@H]3O)n1. The molecule has 1 aromatic rings. The van der Waals surface area contributed by atoms with Crippen molar-refractivity contribution < 1.29 is 14.6 Å². The highest BCUT2D eigenvalue weighted by Crippen LogP contribution is 2.35.